The van der Waals surface area contributed by atoms with Crippen LogP contribution in [0.1, 0.15) is 79.0 Å². The lowest BCUT2D eigenvalue weighted by Gasteiger charge is -2.08. The zero-order valence-electron chi connectivity index (χ0n) is 17.5. The quantitative estimate of drug-likeness (QED) is 0.220. The van der Waals surface area contributed by atoms with Crippen molar-refractivity contribution in [3.8, 4) is 11.5 Å². The Morgan fingerprint density at radius 1 is 0.733 bits per heavy atom. The maximum Gasteiger partial charge on any atom is 0.343 e. The largest absolute Gasteiger partial charge is 0.494 e. The minimum absolute atomic E-state index is 0. The number of carbonyl (C=O) groups excluding carboxylic acids is 1. The molecule has 30 heavy (non-hydrogen) atoms. The first-order valence-electron chi connectivity index (χ1n) is 10.4. The number of halogens is 1. The number of benzene rings is 2. The summed E-state index contributed by atoms with van der Waals surface area (Å²) in [6, 6.07) is 12.6. The van der Waals surface area contributed by atoms with Crippen molar-refractivity contribution in [2.24, 2.45) is 0 Å². The summed E-state index contributed by atoms with van der Waals surface area (Å²) in [5.41, 5.74) is 0.550. The van der Waals surface area contributed by atoms with Crippen molar-refractivity contribution in [3.05, 3.63) is 59.7 Å². The van der Waals surface area contributed by atoms with E-state index in [0.717, 1.165) is 12.2 Å². The maximum absolute atomic E-state index is 12.2. The molecule has 0 radical (unpaired) electrons. The van der Waals surface area contributed by atoms with E-state index >= 15 is 0 Å². The van der Waals surface area contributed by atoms with Crippen molar-refractivity contribution in [3.63, 3.8) is 0 Å². The molecule has 0 heterocycles. The molecule has 164 valence electrons. The average molecular weight is 435 g/mol. The Labute approximate surface area is 184 Å². The van der Waals surface area contributed by atoms with Gasteiger partial charge in [0.25, 0.3) is 0 Å². The van der Waals surface area contributed by atoms with Crippen LogP contribution in [-0.4, -0.2) is 23.7 Å². The minimum Gasteiger partial charge on any atom is -0.494 e. The highest BCUT2D eigenvalue weighted by Crippen LogP contribution is 2.17. The van der Waals surface area contributed by atoms with Gasteiger partial charge in [0.05, 0.1) is 17.7 Å². The van der Waals surface area contributed by atoms with Crippen LogP contribution in [0.25, 0.3) is 0 Å². The molecular weight excluding hydrogens is 404 g/mol. The van der Waals surface area contributed by atoms with E-state index in [1.165, 1.54) is 69.2 Å². The molecule has 6 heteroatoms. The van der Waals surface area contributed by atoms with Crippen LogP contribution in [0.5, 0.6) is 11.5 Å². The van der Waals surface area contributed by atoms with Gasteiger partial charge in [0.1, 0.15) is 11.5 Å². The van der Waals surface area contributed by atoms with Gasteiger partial charge in [-0.2, -0.15) is 0 Å². The van der Waals surface area contributed by atoms with E-state index in [1.807, 2.05) is 0 Å². The van der Waals surface area contributed by atoms with Gasteiger partial charge in [-0.1, -0.05) is 51.9 Å². The van der Waals surface area contributed by atoms with Crippen molar-refractivity contribution in [1.82, 2.24) is 0 Å². The molecule has 0 unspecified atom stereocenters. The van der Waals surface area contributed by atoms with Crippen LogP contribution in [0.15, 0.2) is 48.5 Å². The second kappa shape index (κ2) is 14.5. The summed E-state index contributed by atoms with van der Waals surface area (Å²) in [7, 11) is 0. The standard InChI is InChI=1S/C24H30O5.ClH/c1-2-3-4-5-6-7-8-9-18-28-21-14-12-20(13-15-21)24(27)29-22-16-10-19(11-17-22)23(25)26;/h10-17H,2-9,18H2,1H3,(H,25,26);1H. The molecule has 5 nitrogen and oxygen atoms in total. The molecule has 2 aromatic carbocycles. The van der Waals surface area contributed by atoms with Crippen molar-refractivity contribution in [1.29, 1.82) is 0 Å². The van der Waals surface area contributed by atoms with Crippen molar-refractivity contribution >= 4 is 24.3 Å². The first-order valence-corrected chi connectivity index (χ1v) is 10.4. The maximum atomic E-state index is 12.2. The second-order valence-corrected chi connectivity index (χ2v) is 7.07. The smallest absolute Gasteiger partial charge is 0.343 e. The van der Waals surface area contributed by atoms with Crippen LogP contribution in [0.4, 0.5) is 0 Å². The molecule has 1 N–H and O–H groups in total. The summed E-state index contributed by atoms with van der Waals surface area (Å²) >= 11 is 0. The number of esters is 1. The van der Waals surface area contributed by atoms with E-state index in [9.17, 15) is 9.59 Å². The lowest BCUT2D eigenvalue weighted by Crippen LogP contribution is -2.08. The summed E-state index contributed by atoms with van der Waals surface area (Å²) in [5, 5.41) is 8.89. The molecule has 0 fully saturated rings. The van der Waals surface area contributed by atoms with Crippen molar-refractivity contribution in [2.45, 2.75) is 58.3 Å². The van der Waals surface area contributed by atoms with E-state index < -0.39 is 11.9 Å². The van der Waals surface area contributed by atoms with Crippen molar-refractivity contribution in [2.75, 3.05) is 6.61 Å². The van der Waals surface area contributed by atoms with Crippen molar-refractivity contribution < 1.29 is 24.2 Å². The molecule has 0 saturated carbocycles. The van der Waals surface area contributed by atoms with Crippen LogP contribution in [0.2, 0.25) is 0 Å². The Morgan fingerprint density at radius 3 is 1.80 bits per heavy atom. The Morgan fingerprint density at radius 2 is 1.23 bits per heavy atom. The fraction of sp³-hybridized carbons (Fsp3) is 0.417. The zero-order chi connectivity index (χ0) is 20.9. The first kappa shape index (κ1) is 25.5. The number of ether oxygens (including phenoxy) is 2. The summed E-state index contributed by atoms with van der Waals surface area (Å²) in [4.78, 5) is 23.0. The molecule has 0 atom stereocenters. The fourth-order valence-corrected chi connectivity index (χ4v) is 2.94. The molecule has 0 aliphatic carbocycles. The molecule has 0 aliphatic heterocycles. The third-order valence-corrected chi connectivity index (χ3v) is 4.67. The zero-order valence-corrected chi connectivity index (χ0v) is 18.3. The molecule has 0 amide bonds. The van der Waals surface area contributed by atoms with Gasteiger partial charge >= 0.3 is 11.9 Å². The number of hydrogen-bond donors (Lipinski definition) is 1. The summed E-state index contributed by atoms with van der Waals surface area (Å²) in [6.45, 7) is 2.91. The van der Waals surface area contributed by atoms with Crippen LogP contribution in [-0.2, 0) is 0 Å². The van der Waals surface area contributed by atoms with Gasteiger partial charge < -0.3 is 14.6 Å². The number of rotatable bonds is 13. The van der Waals surface area contributed by atoms with Crippen LogP contribution >= 0.6 is 12.4 Å². The van der Waals surface area contributed by atoms with E-state index in [0.29, 0.717) is 17.9 Å². The lowest BCUT2D eigenvalue weighted by atomic mass is 10.1. The average Bonchev–Trinajstić information content (AvgIpc) is 2.73. The number of carbonyl (C=O) groups is 2. The fourth-order valence-electron chi connectivity index (χ4n) is 2.94. The molecule has 0 aliphatic rings. The topological polar surface area (TPSA) is 72.8 Å². The summed E-state index contributed by atoms with van der Waals surface area (Å²) in [5.74, 6) is -0.488. The predicted molar refractivity (Wildman–Crippen MR) is 120 cm³/mol. The molecule has 2 aromatic rings. The lowest BCUT2D eigenvalue weighted by molar-refractivity contribution is 0.0696. The highest BCUT2D eigenvalue weighted by atomic mass is 35.5. The molecular formula is C24H31ClO5. The second-order valence-electron chi connectivity index (χ2n) is 7.07. The van der Waals surface area contributed by atoms with Gasteiger partial charge in [-0.05, 0) is 55.0 Å². The number of carboxylic acid groups (broad SMARTS) is 1. The van der Waals surface area contributed by atoms with E-state index in [2.05, 4.69) is 6.92 Å². The molecule has 0 aromatic heterocycles. The highest BCUT2D eigenvalue weighted by Gasteiger charge is 2.10. The number of aromatic carboxylic acids is 1. The van der Waals surface area contributed by atoms with Gasteiger partial charge in [0, 0.05) is 0 Å². The van der Waals surface area contributed by atoms with Crippen LogP contribution < -0.4 is 9.47 Å². The molecule has 0 spiro atoms. The summed E-state index contributed by atoms with van der Waals surface area (Å²) in [6.07, 6.45) is 10.1. The minimum atomic E-state index is -1.02. The van der Waals surface area contributed by atoms with Gasteiger partial charge in [-0.25, -0.2) is 9.59 Å². The number of unbranched alkanes of at least 4 members (excludes halogenated alkanes) is 7. The van der Waals surface area contributed by atoms with Gasteiger partial charge in [-0.15, -0.1) is 12.4 Å². The predicted octanol–water partition coefficient (Wildman–Crippen LogP) is 6.55. The first-order chi connectivity index (χ1) is 14.1. The van der Waals surface area contributed by atoms with E-state index in [1.54, 1.807) is 24.3 Å². The third-order valence-electron chi connectivity index (χ3n) is 4.67. The summed E-state index contributed by atoms with van der Waals surface area (Å²) < 4.78 is 11.0. The Bertz CT molecular complexity index is 756. The Balaban J connectivity index is 0.00000450. The van der Waals surface area contributed by atoms with Crippen LogP contribution in [0, 0.1) is 0 Å². The molecule has 2 rings (SSSR count). The molecule has 0 saturated heterocycles. The number of hydrogen-bond acceptors (Lipinski definition) is 4. The van der Waals surface area contributed by atoms with E-state index in [4.69, 9.17) is 14.6 Å². The van der Waals surface area contributed by atoms with Gasteiger partial charge in [0.15, 0.2) is 0 Å². The van der Waals surface area contributed by atoms with E-state index in [-0.39, 0.29) is 18.0 Å². The Kier molecular flexibility index (Phi) is 12.3. The number of carboxylic acids is 1. The molecule has 0 bridgehead atoms. The SMILES string of the molecule is CCCCCCCCCCOc1ccc(C(=O)Oc2ccc(C(=O)O)cc2)cc1.Cl. The Hall–Kier alpha value is -2.53. The van der Waals surface area contributed by atoms with Gasteiger partial charge in [0.2, 0.25) is 0 Å². The normalized spacial score (nSPS) is 10.2. The third kappa shape index (κ3) is 9.31. The highest BCUT2D eigenvalue weighted by molar-refractivity contribution is 5.91. The van der Waals surface area contributed by atoms with Crippen LogP contribution in [0.3, 0.4) is 0 Å². The van der Waals surface area contributed by atoms with Gasteiger partial charge in [-0.3, -0.25) is 0 Å². The monoisotopic (exact) mass is 434 g/mol.